The molecule has 30 heavy (non-hydrogen) atoms. The summed E-state index contributed by atoms with van der Waals surface area (Å²) in [6, 6.07) is 11.4. The van der Waals surface area contributed by atoms with E-state index < -0.39 is 5.41 Å². The van der Waals surface area contributed by atoms with E-state index in [1.54, 1.807) is 7.11 Å². The number of aromatic nitrogens is 1. The fraction of sp³-hybridized carbons (Fsp3) is 0.304. The molecular formula is C23H22BrN3O3. The summed E-state index contributed by atoms with van der Waals surface area (Å²) in [6.07, 6.45) is 1.36. The second-order valence-electron chi connectivity index (χ2n) is 7.98. The second kappa shape index (κ2) is 6.96. The molecule has 5 rings (SSSR count). The number of halogens is 1. The molecular weight excluding hydrogens is 446 g/mol. The van der Waals surface area contributed by atoms with Gasteiger partial charge in [0.05, 0.1) is 18.2 Å². The lowest BCUT2D eigenvalue weighted by Crippen LogP contribution is -2.48. The van der Waals surface area contributed by atoms with Crippen LogP contribution < -0.4 is 15.0 Å². The maximum absolute atomic E-state index is 13.7. The summed E-state index contributed by atoms with van der Waals surface area (Å²) >= 11 is 3.54. The fourth-order valence-corrected chi connectivity index (χ4v) is 5.18. The maximum Gasteiger partial charge on any atom is 0.281 e. The first-order chi connectivity index (χ1) is 14.5. The number of ether oxygens (including phenoxy) is 1. The Morgan fingerprint density at radius 2 is 1.93 bits per heavy atom. The summed E-state index contributed by atoms with van der Waals surface area (Å²) in [5.41, 5.74) is 3.07. The number of benzene rings is 2. The van der Waals surface area contributed by atoms with Crippen LogP contribution in [0.25, 0.3) is 10.9 Å². The number of hydrogen-bond donors (Lipinski definition) is 2. The van der Waals surface area contributed by atoms with Crippen LogP contribution in [0, 0.1) is 6.92 Å². The van der Waals surface area contributed by atoms with E-state index in [0.29, 0.717) is 24.2 Å². The van der Waals surface area contributed by atoms with Crippen LogP contribution in [0.15, 0.2) is 40.9 Å². The normalized spacial score (nSPS) is 17.6. The zero-order chi connectivity index (χ0) is 21.0. The predicted octanol–water partition coefficient (Wildman–Crippen LogP) is 4.06. The van der Waals surface area contributed by atoms with Gasteiger partial charge in [0, 0.05) is 15.4 Å². The van der Waals surface area contributed by atoms with E-state index in [1.807, 2.05) is 43.3 Å². The second-order valence-corrected chi connectivity index (χ2v) is 8.89. The molecule has 6 nitrogen and oxygen atoms in total. The Balaban J connectivity index is 1.64. The highest BCUT2D eigenvalue weighted by Gasteiger charge is 2.53. The van der Waals surface area contributed by atoms with Crippen molar-refractivity contribution in [2.24, 2.45) is 0 Å². The lowest BCUT2D eigenvalue weighted by atomic mass is 9.74. The first-order valence-electron chi connectivity index (χ1n) is 10.0. The maximum atomic E-state index is 13.7. The molecule has 0 atom stereocenters. The van der Waals surface area contributed by atoms with Crippen molar-refractivity contribution >= 4 is 44.3 Å². The number of carbonyl (C=O) groups is 2. The van der Waals surface area contributed by atoms with Crippen molar-refractivity contribution in [1.82, 2.24) is 10.3 Å². The summed E-state index contributed by atoms with van der Waals surface area (Å²) < 4.78 is 6.24. The molecule has 2 N–H and O–H groups in total. The van der Waals surface area contributed by atoms with E-state index in [-0.39, 0.29) is 11.8 Å². The van der Waals surface area contributed by atoms with Crippen LogP contribution in [0.1, 0.15) is 34.5 Å². The van der Waals surface area contributed by atoms with Gasteiger partial charge in [-0.15, -0.1) is 0 Å². The number of anilines is 1. The van der Waals surface area contributed by atoms with Gasteiger partial charge in [-0.05, 0) is 80.4 Å². The standard InChI is InChI=1S/C23H22BrN3O3/c1-13-16-12-15(30-2)4-5-18(16)26-20(13)21(28)27-19-6-3-14(24)11-17(19)23(22(27)29)7-9-25-10-8-23/h3-6,11-12,25-26H,7-10H2,1-2H3. The molecule has 1 saturated heterocycles. The van der Waals surface area contributed by atoms with Gasteiger partial charge in [0.2, 0.25) is 5.91 Å². The number of imide groups is 1. The minimum Gasteiger partial charge on any atom is -0.497 e. The first kappa shape index (κ1) is 19.3. The number of aryl methyl sites for hydroxylation is 1. The van der Waals surface area contributed by atoms with Crippen LogP contribution in [-0.2, 0) is 10.2 Å². The zero-order valence-electron chi connectivity index (χ0n) is 16.8. The van der Waals surface area contributed by atoms with Crippen molar-refractivity contribution in [2.45, 2.75) is 25.2 Å². The van der Waals surface area contributed by atoms with Gasteiger partial charge in [-0.3, -0.25) is 9.59 Å². The van der Waals surface area contributed by atoms with Gasteiger partial charge in [-0.25, -0.2) is 4.90 Å². The smallest absolute Gasteiger partial charge is 0.281 e. The third kappa shape index (κ3) is 2.65. The highest BCUT2D eigenvalue weighted by Crippen LogP contribution is 2.48. The van der Waals surface area contributed by atoms with E-state index in [1.165, 1.54) is 4.90 Å². The lowest BCUT2D eigenvalue weighted by molar-refractivity contribution is -0.123. The minimum absolute atomic E-state index is 0.127. The van der Waals surface area contributed by atoms with E-state index in [9.17, 15) is 9.59 Å². The molecule has 2 amide bonds. The summed E-state index contributed by atoms with van der Waals surface area (Å²) in [6.45, 7) is 3.41. The van der Waals surface area contributed by atoms with Crippen LogP contribution in [0.5, 0.6) is 5.75 Å². The Morgan fingerprint density at radius 1 is 1.17 bits per heavy atom. The number of nitrogens with zero attached hydrogens (tertiary/aromatic N) is 1. The Bertz CT molecular complexity index is 1190. The molecule has 154 valence electrons. The van der Waals surface area contributed by atoms with Crippen LogP contribution >= 0.6 is 15.9 Å². The molecule has 1 spiro atoms. The number of piperidine rings is 1. The van der Waals surface area contributed by atoms with Crippen LogP contribution in [0.2, 0.25) is 0 Å². The molecule has 3 aromatic rings. The number of methoxy groups -OCH3 is 1. The van der Waals surface area contributed by atoms with Gasteiger partial charge in [0.15, 0.2) is 0 Å². The highest BCUT2D eigenvalue weighted by atomic mass is 79.9. The third-order valence-electron chi connectivity index (χ3n) is 6.47. The monoisotopic (exact) mass is 467 g/mol. The SMILES string of the molecule is COc1ccc2[nH]c(C(=O)N3C(=O)C4(CCNCC4)c4cc(Br)ccc43)c(C)c2c1. The summed E-state index contributed by atoms with van der Waals surface area (Å²) in [7, 11) is 1.62. The molecule has 2 aliphatic heterocycles. The Labute approximate surface area is 182 Å². The largest absolute Gasteiger partial charge is 0.497 e. The molecule has 1 fully saturated rings. The molecule has 7 heteroatoms. The predicted molar refractivity (Wildman–Crippen MR) is 119 cm³/mol. The number of rotatable bonds is 2. The number of H-pyrrole nitrogens is 1. The summed E-state index contributed by atoms with van der Waals surface area (Å²) in [5, 5.41) is 4.24. The van der Waals surface area contributed by atoms with Crippen molar-refractivity contribution in [3.8, 4) is 5.75 Å². The number of amides is 2. The number of fused-ring (bicyclic) bond motifs is 3. The van der Waals surface area contributed by atoms with Crippen LogP contribution in [0.3, 0.4) is 0 Å². The number of nitrogens with one attached hydrogen (secondary N) is 2. The first-order valence-corrected chi connectivity index (χ1v) is 10.8. The molecule has 3 heterocycles. The van der Waals surface area contributed by atoms with Crippen molar-refractivity contribution in [3.63, 3.8) is 0 Å². The van der Waals surface area contributed by atoms with Gasteiger partial charge in [-0.1, -0.05) is 15.9 Å². The number of aromatic amines is 1. The lowest BCUT2D eigenvalue weighted by Gasteiger charge is -2.32. The number of carbonyl (C=O) groups excluding carboxylic acids is 2. The molecule has 0 saturated carbocycles. The molecule has 0 radical (unpaired) electrons. The van der Waals surface area contributed by atoms with Gasteiger partial charge < -0.3 is 15.0 Å². The molecule has 0 unspecified atom stereocenters. The number of hydrogen-bond acceptors (Lipinski definition) is 4. The van der Waals surface area contributed by atoms with Gasteiger partial charge >= 0.3 is 0 Å². The van der Waals surface area contributed by atoms with Crippen molar-refractivity contribution in [2.75, 3.05) is 25.1 Å². The van der Waals surface area contributed by atoms with E-state index in [0.717, 1.165) is 45.3 Å². The summed E-state index contributed by atoms with van der Waals surface area (Å²) in [5.74, 6) is 0.286. The molecule has 0 bridgehead atoms. The molecule has 2 aromatic carbocycles. The van der Waals surface area contributed by atoms with Crippen LogP contribution in [0.4, 0.5) is 5.69 Å². The molecule has 0 aliphatic carbocycles. The topological polar surface area (TPSA) is 74.4 Å². The zero-order valence-corrected chi connectivity index (χ0v) is 18.4. The average molecular weight is 468 g/mol. The quantitative estimate of drug-likeness (QED) is 0.557. The van der Waals surface area contributed by atoms with Gasteiger partial charge in [0.25, 0.3) is 5.91 Å². The van der Waals surface area contributed by atoms with Gasteiger partial charge in [-0.2, -0.15) is 0 Å². The van der Waals surface area contributed by atoms with E-state index >= 15 is 0 Å². The van der Waals surface area contributed by atoms with E-state index in [4.69, 9.17) is 4.74 Å². The van der Waals surface area contributed by atoms with Gasteiger partial charge in [0.1, 0.15) is 11.4 Å². The third-order valence-corrected chi connectivity index (χ3v) is 6.96. The minimum atomic E-state index is -0.650. The Hall–Kier alpha value is -2.64. The Kier molecular flexibility index (Phi) is 4.48. The fourth-order valence-electron chi connectivity index (χ4n) is 4.82. The Morgan fingerprint density at radius 3 is 2.67 bits per heavy atom. The highest BCUT2D eigenvalue weighted by molar-refractivity contribution is 9.10. The molecule has 2 aliphatic rings. The van der Waals surface area contributed by atoms with Crippen molar-refractivity contribution < 1.29 is 14.3 Å². The van der Waals surface area contributed by atoms with Crippen molar-refractivity contribution in [1.29, 1.82) is 0 Å². The van der Waals surface area contributed by atoms with Crippen LogP contribution in [-0.4, -0.2) is 37.0 Å². The summed E-state index contributed by atoms with van der Waals surface area (Å²) in [4.78, 5) is 32.0. The molecule has 1 aromatic heterocycles. The van der Waals surface area contributed by atoms with E-state index in [2.05, 4.69) is 26.2 Å². The van der Waals surface area contributed by atoms with Crippen molar-refractivity contribution in [3.05, 3.63) is 57.7 Å². The average Bonchev–Trinajstić information content (AvgIpc) is 3.21.